The number of methoxy groups -OCH3 is 2. The average molecular weight is 481 g/mol. The van der Waals surface area contributed by atoms with Crippen LogP contribution in [0.2, 0.25) is 0 Å². The van der Waals surface area contributed by atoms with Gasteiger partial charge in [-0.2, -0.15) is 0 Å². The van der Waals surface area contributed by atoms with Crippen molar-refractivity contribution in [3.63, 3.8) is 0 Å². The molecule has 0 spiro atoms. The van der Waals surface area contributed by atoms with Gasteiger partial charge >= 0.3 is 11.9 Å². The van der Waals surface area contributed by atoms with Crippen LogP contribution in [0.25, 0.3) is 11.5 Å². The van der Waals surface area contributed by atoms with E-state index in [1.165, 1.54) is 18.4 Å². The van der Waals surface area contributed by atoms with E-state index in [9.17, 15) is 24.5 Å². The number of ether oxygens (including phenoxy) is 2. The van der Waals surface area contributed by atoms with Crippen LogP contribution in [0.3, 0.4) is 0 Å². The van der Waals surface area contributed by atoms with Crippen LogP contribution in [0, 0.1) is 10.1 Å². The first-order valence-electron chi connectivity index (χ1n) is 10.5. The maximum atomic E-state index is 12.1. The van der Waals surface area contributed by atoms with Crippen LogP contribution < -0.4 is 5.32 Å². The summed E-state index contributed by atoms with van der Waals surface area (Å²) in [6.45, 7) is 0.115. The summed E-state index contributed by atoms with van der Waals surface area (Å²) in [4.78, 5) is 51.5. The number of nitro groups is 1. The maximum Gasteiger partial charge on any atom is 0.324 e. The van der Waals surface area contributed by atoms with Crippen LogP contribution in [0.1, 0.15) is 29.2 Å². The topological polar surface area (TPSA) is 151 Å². The maximum absolute atomic E-state index is 12.1. The number of nitrogens with one attached hydrogen (secondary N) is 1. The van der Waals surface area contributed by atoms with Crippen molar-refractivity contribution in [2.75, 3.05) is 14.2 Å². The Balaban J connectivity index is 1.72. The molecule has 0 fully saturated rings. The Morgan fingerprint density at radius 3 is 2.40 bits per heavy atom. The second kappa shape index (κ2) is 11.5. The minimum absolute atomic E-state index is 0.0703. The van der Waals surface area contributed by atoms with Crippen molar-refractivity contribution < 1.29 is 33.2 Å². The Morgan fingerprint density at radius 2 is 1.77 bits per heavy atom. The number of benzene rings is 2. The SMILES string of the molecule is COC(=O)C(C(=O)OC)c1ccc(-c2nc(CNC(=O)CCc3ccccc3)co2)cc1[N+](=O)[O-]. The standard InChI is InChI=1S/C24H23N3O8/c1-33-23(29)21(24(30)34-2)18-10-9-16(12-19(18)27(31)32)22-26-17(14-35-22)13-25-20(28)11-8-15-6-4-3-5-7-15/h3-7,9-10,12,14,21H,8,11,13H2,1-2H3,(H,25,28). The summed E-state index contributed by atoms with van der Waals surface area (Å²) in [5, 5.41) is 14.4. The van der Waals surface area contributed by atoms with Crippen LogP contribution in [-0.4, -0.2) is 42.0 Å². The molecule has 0 aliphatic rings. The molecule has 3 aromatic rings. The highest BCUT2D eigenvalue weighted by Crippen LogP contribution is 2.33. The van der Waals surface area contributed by atoms with Gasteiger partial charge in [0, 0.05) is 18.1 Å². The molecule has 3 rings (SSSR count). The van der Waals surface area contributed by atoms with Crippen LogP contribution in [0.15, 0.2) is 59.2 Å². The lowest BCUT2D eigenvalue weighted by Gasteiger charge is -2.13. The zero-order valence-corrected chi connectivity index (χ0v) is 19.1. The number of nitrogens with zero attached hydrogens (tertiary/aromatic N) is 2. The van der Waals surface area contributed by atoms with E-state index < -0.39 is 28.5 Å². The van der Waals surface area contributed by atoms with E-state index in [1.54, 1.807) is 0 Å². The predicted octanol–water partition coefficient (Wildman–Crippen LogP) is 2.93. The van der Waals surface area contributed by atoms with E-state index in [0.29, 0.717) is 18.5 Å². The fourth-order valence-corrected chi connectivity index (χ4v) is 3.37. The van der Waals surface area contributed by atoms with Crippen LogP contribution in [0.4, 0.5) is 5.69 Å². The summed E-state index contributed by atoms with van der Waals surface area (Å²) in [5.41, 5.74) is 1.03. The molecule has 2 aromatic carbocycles. The van der Waals surface area contributed by atoms with Crippen LogP contribution >= 0.6 is 0 Å². The molecule has 1 N–H and O–H groups in total. The second-order valence-corrected chi connectivity index (χ2v) is 7.42. The first-order valence-corrected chi connectivity index (χ1v) is 10.5. The molecule has 0 aliphatic carbocycles. The normalized spacial score (nSPS) is 10.6. The molecule has 0 saturated heterocycles. The van der Waals surface area contributed by atoms with Crippen molar-refractivity contribution in [1.82, 2.24) is 10.3 Å². The van der Waals surface area contributed by atoms with E-state index in [2.05, 4.69) is 19.8 Å². The van der Waals surface area contributed by atoms with Gasteiger partial charge in [-0.25, -0.2) is 4.98 Å². The largest absolute Gasteiger partial charge is 0.468 e. The Labute approximate surface area is 200 Å². The third-order valence-electron chi connectivity index (χ3n) is 5.16. The minimum Gasteiger partial charge on any atom is -0.468 e. The number of rotatable bonds is 10. The van der Waals surface area contributed by atoms with Gasteiger partial charge in [-0.15, -0.1) is 0 Å². The van der Waals surface area contributed by atoms with Crippen molar-refractivity contribution in [1.29, 1.82) is 0 Å². The molecule has 182 valence electrons. The fourth-order valence-electron chi connectivity index (χ4n) is 3.37. The predicted molar refractivity (Wildman–Crippen MR) is 122 cm³/mol. The van der Waals surface area contributed by atoms with Crippen LogP contribution in [-0.2, 0) is 36.8 Å². The first-order chi connectivity index (χ1) is 16.8. The van der Waals surface area contributed by atoms with Gasteiger partial charge in [0.1, 0.15) is 6.26 Å². The van der Waals surface area contributed by atoms with E-state index in [-0.39, 0.29) is 29.5 Å². The zero-order chi connectivity index (χ0) is 25.4. The minimum atomic E-state index is -1.62. The number of aryl methyl sites for hydroxylation is 1. The van der Waals surface area contributed by atoms with Gasteiger partial charge in [0.2, 0.25) is 11.8 Å². The Morgan fingerprint density at radius 1 is 1.09 bits per heavy atom. The van der Waals surface area contributed by atoms with Gasteiger partial charge in [0.25, 0.3) is 5.69 Å². The first kappa shape index (κ1) is 25.1. The lowest BCUT2D eigenvalue weighted by atomic mass is 9.96. The molecular weight excluding hydrogens is 458 g/mol. The summed E-state index contributed by atoms with van der Waals surface area (Å²) < 4.78 is 14.6. The Kier molecular flexibility index (Phi) is 8.28. The molecule has 1 amide bonds. The Bertz CT molecular complexity index is 1210. The number of amides is 1. The van der Waals surface area contributed by atoms with E-state index in [0.717, 1.165) is 25.8 Å². The van der Waals surface area contributed by atoms with E-state index in [1.807, 2.05) is 30.3 Å². The summed E-state index contributed by atoms with van der Waals surface area (Å²) in [6, 6.07) is 13.4. The molecule has 0 aliphatic heterocycles. The smallest absolute Gasteiger partial charge is 0.324 e. The number of carbonyl (C=O) groups is 3. The molecule has 11 nitrogen and oxygen atoms in total. The van der Waals surface area contributed by atoms with Gasteiger partial charge < -0.3 is 19.2 Å². The van der Waals surface area contributed by atoms with Gasteiger partial charge in [-0.05, 0) is 24.1 Å². The van der Waals surface area contributed by atoms with Gasteiger partial charge in [0.15, 0.2) is 5.92 Å². The summed E-state index contributed by atoms with van der Waals surface area (Å²) in [7, 11) is 2.13. The highest BCUT2D eigenvalue weighted by molar-refractivity contribution is 6.01. The highest BCUT2D eigenvalue weighted by atomic mass is 16.6. The summed E-state index contributed by atoms with van der Waals surface area (Å²) in [5.74, 6) is -3.69. The van der Waals surface area contributed by atoms with E-state index >= 15 is 0 Å². The number of aromatic nitrogens is 1. The molecule has 0 saturated carbocycles. The van der Waals surface area contributed by atoms with Gasteiger partial charge in [-0.1, -0.05) is 30.3 Å². The third kappa shape index (κ3) is 6.28. The van der Waals surface area contributed by atoms with Crippen molar-refractivity contribution >= 4 is 23.5 Å². The number of oxazole rings is 1. The van der Waals surface area contributed by atoms with Gasteiger partial charge in [0.05, 0.1) is 36.9 Å². The monoisotopic (exact) mass is 481 g/mol. The molecule has 1 aromatic heterocycles. The van der Waals surface area contributed by atoms with Crippen LogP contribution in [0.5, 0.6) is 0 Å². The molecule has 0 radical (unpaired) electrons. The second-order valence-electron chi connectivity index (χ2n) is 7.42. The quantitative estimate of drug-likeness (QED) is 0.199. The lowest BCUT2D eigenvalue weighted by Crippen LogP contribution is -2.25. The molecule has 35 heavy (non-hydrogen) atoms. The van der Waals surface area contributed by atoms with E-state index in [4.69, 9.17) is 4.42 Å². The van der Waals surface area contributed by atoms with Crippen molar-refractivity contribution in [3.8, 4) is 11.5 Å². The number of nitro benzene ring substituents is 1. The molecule has 0 bridgehead atoms. The number of carbonyl (C=O) groups excluding carboxylic acids is 3. The third-order valence-corrected chi connectivity index (χ3v) is 5.16. The number of esters is 2. The summed E-state index contributed by atoms with van der Waals surface area (Å²) in [6.07, 6.45) is 2.24. The molecule has 0 atom stereocenters. The van der Waals surface area contributed by atoms with Crippen molar-refractivity contribution in [2.24, 2.45) is 0 Å². The molecule has 1 heterocycles. The average Bonchev–Trinajstić information content (AvgIpc) is 3.35. The Hall–Kier alpha value is -4.54. The molecule has 0 unspecified atom stereocenters. The van der Waals surface area contributed by atoms with Crippen molar-refractivity contribution in [3.05, 3.63) is 81.7 Å². The molecule has 11 heteroatoms. The highest BCUT2D eigenvalue weighted by Gasteiger charge is 2.36. The van der Waals surface area contributed by atoms with Gasteiger partial charge in [-0.3, -0.25) is 24.5 Å². The number of hydrogen-bond acceptors (Lipinski definition) is 9. The number of hydrogen-bond donors (Lipinski definition) is 1. The lowest BCUT2D eigenvalue weighted by molar-refractivity contribution is -0.385. The fraction of sp³-hybridized carbons (Fsp3) is 0.250. The zero-order valence-electron chi connectivity index (χ0n) is 19.1. The molecular formula is C24H23N3O8. The summed E-state index contributed by atoms with van der Waals surface area (Å²) >= 11 is 0. The van der Waals surface area contributed by atoms with Crippen molar-refractivity contribution in [2.45, 2.75) is 25.3 Å².